The van der Waals surface area contributed by atoms with Crippen molar-refractivity contribution in [3.8, 4) is 10.6 Å². The molecule has 1 N–H and O–H groups in total. The van der Waals surface area contributed by atoms with Crippen LogP contribution in [0, 0.1) is 6.92 Å². The van der Waals surface area contributed by atoms with E-state index in [0.717, 1.165) is 21.8 Å². The Morgan fingerprint density at radius 1 is 1.24 bits per heavy atom. The molecule has 0 aliphatic rings. The van der Waals surface area contributed by atoms with Gasteiger partial charge in [-0.2, -0.15) is 0 Å². The van der Waals surface area contributed by atoms with E-state index < -0.39 is 0 Å². The molecule has 0 spiro atoms. The molecule has 0 aliphatic carbocycles. The van der Waals surface area contributed by atoms with Crippen molar-refractivity contribution in [3.63, 3.8) is 0 Å². The monoisotopic (exact) mass is 408 g/mol. The number of hydrogen-bond acceptors (Lipinski definition) is 3. The van der Waals surface area contributed by atoms with Crippen LogP contribution in [0.25, 0.3) is 20.8 Å². The second-order valence-electron chi connectivity index (χ2n) is 4.75. The smallest absolute Gasteiger partial charge is 0.234 e. The lowest BCUT2D eigenvalue weighted by molar-refractivity contribution is -0.113. The standard InChI is InChI=1S/C16H13IN2OS/c1-10-2-7-13-14(8-10)21-16(19-13)11-3-5-12(6-4-11)18-15(20)9-17/h2-8H,9H2,1H3,(H,18,20). The number of aryl methyl sites for hydroxylation is 1. The first-order chi connectivity index (χ1) is 10.2. The number of fused-ring (bicyclic) bond motifs is 1. The second-order valence-corrected chi connectivity index (χ2v) is 6.54. The fraction of sp³-hybridized carbons (Fsp3) is 0.125. The van der Waals surface area contributed by atoms with Crippen LogP contribution in [0.5, 0.6) is 0 Å². The highest BCUT2D eigenvalue weighted by molar-refractivity contribution is 14.1. The van der Waals surface area contributed by atoms with Crippen LogP contribution in [0.2, 0.25) is 0 Å². The van der Waals surface area contributed by atoms with Gasteiger partial charge in [-0.3, -0.25) is 4.79 Å². The maximum atomic E-state index is 11.4. The predicted molar refractivity (Wildman–Crippen MR) is 97.3 cm³/mol. The minimum atomic E-state index is 0.0128. The zero-order valence-electron chi connectivity index (χ0n) is 11.4. The van der Waals surface area contributed by atoms with E-state index in [4.69, 9.17) is 0 Å². The van der Waals surface area contributed by atoms with Gasteiger partial charge in [-0.15, -0.1) is 11.3 Å². The van der Waals surface area contributed by atoms with Crippen molar-refractivity contribution in [2.45, 2.75) is 6.92 Å². The van der Waals surface area contributed by atoms with Crippen LogP contribution in [-0.2, 0) is 4.79 Å². The maximum Gasteiger partial charge on any atom is 0.234 e. The first-order valence-electron chi connectivity index (χ1n) is 6.49. The molecule has 5 heteroatoms. The molecule has 3 nitrogen and oxygen atoms in total. The van der Waals surface area contributed by atoms with Gasteiger partial charge in [0.25, 0.3) is 0 Å². The van der Waals surface area contributed by atoms with Crippen molar-refractivity contribution in [2.75, 3.05) is 9.74 Å². The first-order valence-corrected chi connectivity index (χ1v) is 8.83. The topological polar surface area (TPSA) is 42.0 Å². The number of carbonyl (C=O) groups is 1. The molecule has 0 radical (unpaired) electrons. The minimum absolute atomic E-state index is 0.0128. The summed E-state index contributed by atoms with van der Waals surface area (Å²) in [5, 5.41) is 3.84. The Morgan fingerprint density at radius 3 is 2.71 bits per heavy atom. The van der Waals surface area contributed by atoms with Gasteiger partial charge in [0.2, 0.25) is 5.91 Å². The number of nitrogens with one attached hydrogen (secondary N) is 1. The number of amides is 1. The van der Waals surface area contributed by atoms with Crippen LogP contribution < -0.4 is 5.32 Å². The third kappa shape index (κ3) is 3.24. The van der Waals surface area contributed by atoms with Gasteiger partial charge in [0.05, 0.1) is 14.6 Å². The second kappa shape index (κ2) is 6.11. The van der Waals surface area contributed by atoms with E-state index in [9.17, 15) is 4.79 Å². The molecule has 0 fully saturated rings. The lowest BCUT2D eigenvalue weighted by atomic mass is 10.2. The van der Waals surface area contributed by atoms with E-state index in [0.29, 0.717) is 4.43 Å². The first kappa shape index (κ1) is 14.5. The highest BCUT2D eigenvalue weighted by atomic mass is 127. The number of thiazole rings is 1. The van der Waals surface area contributed by atoms with Gasteiger partial charge in [0.1, 0.15) is 5.01 Å². The summed E-state index contributed by atoms with van der Waals surface area (Å²) in [5.74, 6) is 0.0128. The number of alkyl halides is 1. The molecule has 3 aromatic rings. The molecule has 2 aromatic carbocycles. The van der Waals surface area contributed by atoms with Crippen LogP contribution in [0.1, 0.15) is 5.56 Å². The number of carbonyl (C=O) groups excluding carboxylic acids is 1. The molecule has 0 unspecified atom stereocenters. The van der Waals surface area contributed by atoms with Crippen LogP contribution in [0.4, 0.5) is 5.69 Å². The molecular formula is C16H13IN2OS. The van der Waals surface area contributed by atoms with Crippen molar-refractivity contribution in [1.82, 2.24) is 4.98 Å². The highest BCUT2D eigenvalue weighted by Gasteiger charge is 2.07. The van der Waals surface area contributed by atoms with E-state index in [1.54, 1.807) is 11.3 Å². The van der Waals surface area contributed by atoms with Crippen molar-refractivity contribution in [3.05, 3.63) is 48.0 Å². The molecule has 1 amide bonds. The summed E-state index contributed by atoms with van der Waals surface area (Å²) in [7, 11) is 0. The maximum absolute atomic E-state index is 11.4. The average molecular weight is 408 g/mol. The Labute approximate surface area is 140 Å². The summed E-state index contributed by atoms with van der Waals surface area (Å²) < 4.78 is 1.66. The Bertz CT molecular complexity index is 796. The van der Waals surface area contributed by atoms with Gasteiger partial charge in [0, 0.05) is 11.3 Å². The van der Waals surface area contributed by atoms with Crippen LogP contribution in [0.3, 0.4) is 0 Å². The van der Waals surface area contributed by atoms with Gasteiger partial charge < -0.3 is 5.32 Å². The van der Waals surface area contributed by atoms with Gasteiger partial charge >= 0.3 is 0 Å². The predicted octanol–water partition coefficient (Wildman–Crippen LogP) is 4.65. The Kier molecular flexibility index (Phi) is 4.21. The largest absolute Gasteiger partial charge is 0.325 e. The zero-order valence-corrected chi connectivity index (χ0v) is 14.4. The molecule has 106 valence electrons. The van der Waals surface area contributed by atoms with Crippen molar-refractivity contribution >= 4 is 55.7 Å². The van der Waals surface area contributed by atoms with Gasteiger partial charge in [-0.25, -0.2) is 4.98 Å². The molecule has 1 aromatic heterocycles. The van der Waals surface area contributed by atoms with E-state index >= 15 is 0 Å². The quantitative estimate of drug-likeness (QED) is 0.507. The van der Waals surface area contributed by atoms with Crippen LogP contribution in [0.15, 0.2) is 42.5 Å². The molecule has 3 rings (SSSR count). The SMILES string of the molecule is Cc1ccc2nc(-c3ccc(NC(=O)CI)cc3)sc2c1. The fourth-order valence-corrected chi connectivity index (χ4v) is 3.31. The molecular weight excluding hydrogens is 395 g/mol. The Morgan fingerprint density at radius 2 is 2.00 bits per heavy atom. The average Bonchev–Trinajstić information content (AvgIpc) is 2.90. The summed E-state index contributed by atoms with van der Waals surface area (Å²) in [4.78, 5) is 16.0. The number of nitrogens with zero attached hydrogens (tertiary/aromatic N) is 1. The minimum Gasteiger partial charge on any atom is -0.325 e. The molecule has 0 saturated carbocycles. The van der Waals surface area contributed by atoms with E-state index in [1.165, 1.54) is 10.3 Å². The van der Waals surface area contributed by atoms with Gasteiger partial charge in [-0.1, -0.05) is 28.7 Å². The summed E-state index contributed by atoms with van der Waals surface area (Å²) >= 11 is 3.74. The third-order valence-electron chi connectivity index (χ3n) is 3.08. The molecule has 0 saturated heterocycles. The van der Waals surface area contributed by atoms with Crippen LogP contribution >= 0.6 is 33.9 Å². The molecule has 0 atom stereocenters. The lowest BCUT2D eigenvalue weighted by Gasteiger charge is -2.03. The normalized spacial score (nSPS) is 10.8. The fourth-order valence-electron chi connectivity index (χ4n) is 2.05. The lowest BCUT2D eigenvalue weighted by Crippen LogP contribution is -2.11. The third-order valence-corrected chi connectivity index (χ3v) is 4.84. The number of halogens is 1. The summed E-state index contributed by atoms with van der Waals surface area (Å²) in [6, 6.07) is 14.1. The number of hydrogen-bond donors (Lipinski definition) is 1. The Balaban J connectivity index is 1.90. The van der Waals surface area contributed by atoms with Crippen molar-refractivity contribution < 1.29 is 4.79 Å². The van der Waals surface area contributed by atoms with Gasteiger partial charge in [0.15, 0.2) is 0 Å². The molecule has 0 bridgehead atoms. The molecule has 1 heterocycles. The number of rotatable bonds is 3. The number of benzene rings is 2. The summed E-state index contributed by atoms with van der Waals surface area (Å²) in [6.07, 6.45) is 0. The van der Waals surface area contributed by atoms with E-state index in [1.807, 2.05) is 46.9 Å². The van der Waals surface area contributed by atoms with E-state index in [-0.39, 0.29) is 5.91 Å². The summed E-state index contributed by atoms with van der Waals surface area (Å²) in [5.41, 5.74) is 4.16. The Hall–Kier alpha value is -1.47. The van der Waals surface area contributed by atoms with Crippen molar-refractivity contribution in [2.24, 2.45) is 0 Å². The summed E-state index contributed by atoms with van der Waals surface area (Å²) in [6.45, 7) is 2.09. The molecule has 0 aliphatic heterocycles. The zero-order chi connectivity index (χ0) is 14.8. The number of anilines is 1. The van der Waals surface area contributed by atoms with Crippen molar-refractivity contribution in [1.29, 1.82) is 0 Å². The molecule has 21 heavy (non-hydrogen) atoms. The van der Waals surface area contributed by atoms with Crippen LogP contribution in [-0.4, -0.2) is 15.3 Å². The van der Waals surface area contributed by atoms with Gasteiger partial charge in [-0.05, 0) is 48.9 Å². The number of aromatic nitrogens is 1. The van der Waals surface area contributed by atoms with E-state index in [2.05, 4.69) is 35.4 Å². The highest BCUT2D eigenvalue weighted by Crippen LogP contribution is 2.31.